The number of fused-ring (bicyclic) bond motifs is 12. The molecule has 9 nitrogen and oxygen atoms in total. The number of pyridine rings is 2. The van der Waals surface area contributed by atoms with E-state index in [1.807, 2.05) is 0 Å². The normalized spacial score (nSPS) is 14.4. The average Bonchev–Trinajstić information content (AvgIpc) is 2.99. The smallest absolute Gasteiger partial charge is 0.430 e. The van der Waals surface area contributed by atoms with E-state index in [1.165, 1.54) is 52.4 Å². The quantitative estimate of drug-likeness (QED) is 0.170. The predicted molar refractivity (Wildman–Crippen MR) is 154 cm³/mol. The van der Waals surface area contributed by atoms with Crippen molar-refractivity contribution in [3.63, 3.8) is 0 Å². The molecule has 15 heteroatoms. The third-order valence-corrected chi connectivity index (χ3v) is 6.60. The van der Waals surface area contributed by atoms with Crippen LogP contribution in [0.3, 0.4) is 0 Å². The third-order valence-electron chi connectivity index (χ3n) is 6.60. The second kappa shape index (κ2) is 17.0. The molecule has 0 aliphatic carbocycles. The van der Waals surface area contributed by atoms with E-state index >= 15 is 0 Å². The molecule has 46 heavy (non-hydrogen) atoms. The lowest BCUT2D eigenvalue weighted by atomic mass is 10.1. The number of halogens is 6. The number of aliphatic carboxylic acids is 2. The first-order chi connectivity index (χ1) is 21.3. The molecule has 0 radical (unpaired) electrons. The van der Waals surface area contributed by atoms with Gasteiger partial charge in [-0.05, 0) is 18.6 Å². The molecule has 0 fully saturated rings. The van der Waals surface area contributed by atoms with Crippen LogP contribution in [0.1, 0.15) is 19.3 Å². The maximum atomic E-state index is 10.5. The summed E-state index contributed by atoms with van der Waals surface area (Å²) < 4.78 is 67.9. The Morgan fingerprint density at radius 3 is 1.30 bits per heavy atom. The number of anilines is 2. The Labute approximate surface area is 259 Å². The Morgan fingerprint density at radius 1 is 0.609 bits per heavy atom. The molecule has 3 heterocycles. The molecule has 0 spiro atoms. The number of para-hydroxylation sites is 2. The molecule has 0 amide bonds. The maximum absolute atomic E-state index is 10.5. The van der Waals surface area contributed by atoms with E-state index in [9.17, 15) is 26.3 Å². The van der Waals surface area contributed by atoms with Crippen molar-refractivity contribution in [1.82, 2.24) is 0 Å². The first kappa shape index (κ1) is 37.3. The Kier molecular flexibility index (Phi) is 13.7. The maximum Gasteiger partial charge on any atom is 0.430 e. The van der Waals surface area contributed by atoms with E-state index in [4.69, 9.17) is 19.8 Å². The van der Waals surface area contributed by atoms with Gasteiger partial charge in [-0.2, -0.15) is 35.5 Å². The van der Waals surface area contributed by atoms with Gasteiger partial charge in [-0.25, -0.2) is 0 Å². The Hall–Kier alpha value is -4.92. The van der Waals surface area contributed by atoms with Gasteiger partial charge in [0.25, 0.3) is 0 Å². The molecule has 0 atom stereocenters. The molecule has 0 saturated carbocycles. The number of aryl methyl sites for hydroxylation is 2. The van der Waals surface area contributed by atoms with E-state index in [2.05, 4.69) is 105 Å². The van der Waals surface area contributed by atoms with E-state index in [1.54, 1.807) is 0 Å². The van der Waals surface area contributed by atoms with Crippen LogP contribution in [-0.2, 0) is 22.7 Å². The zero-order chi connectivity index (χ0) is 33.0. The topological polar surface area (TPSA) is 144 Å². The first-order valence-corrected chi connectivity index (χ1v) is 13.8. The summed E-state index contributed by atoms with van der Waals surface area (Å²) in [5.41, 5.74) is 4.98. The Balaban J connectivity index is 0.000000414. The molecule has 4 N–H and O–H groups in total. The third kappa shape index (κ3) is 10.9. The number of hydrogen-bond acceptors (Lipinski definition) is 6. The molecule has 0 unspecified atom stereocenters. The number of nitrogens with zero attached hydrogens (tertiary/aromatic N) is 2. The van der Waals surface area contributed by atoms with Crippen LogP contribution >= 0.6 is 0 Å². The van der Waals surface area contributed by atoms with Crippen LogP contribution in [0.2, 0.25) is 0 Å². The van der Waals surface area contributed by atoms with E-state index < -0.39 is 24.3 Å². The minimum absolute atomic E-state index is 0. The lowest BCUT2D eigenvalue weighted by Crippen LogP contribution is -2.37. The molecule has 1 aliphatic rings. The largest absolute Gasteiger partial charge is 0.542 e. The molecule has 4 aromatic rings. The molecule has 1 aliphatic heterocycles. The summed E-state index contributed by atoms with van der Waals surface area (Å²) >= 11 is 0. The number of aromatic nitrogens is 2. The lowest BCUT2D eigenvalue weighted by Gasteiger charge is -2.08. The Morgan fingerprint density at radius 2 is 0.957 bits per heavy atom. The second-order valence-electron chi connectivity index (χ2n) is 9.74. The fourth-order valence-electron chi connectivity index (χ4n) is 4.52. The second-order valence-corrected chi connectivity index (χ2v) is 9.74. The van der Waals surface area contributed by atoms with Crippen LogP contribution in [0, 0.1) is 0 Å². The summed E-state index contributed by atoms with van der Waals surface area (Å²) in [6.07, 6.45) is 2.04. The molecule has 5 rings (SSSR count). The number of carbonyl (C=O) groups is 2. The molecular weight excluding hydrogens is 622 g/mol. The molecule has 0 saturated heterocycles. The minimum Gasteiger partial charge on any atom is -0.542 e. The molecule has 2 aromatic carbocycles. The zero-order valence-corrected chi connectivity index (χ0v) is 24.3. The molecular formula is C31H32F6N4O5. The number of hydrogen-bond donors (Lipinski definition) is 2. The number of carbonyl (C=O) groups excluding carboxylic acids is 2. The number of nitrogens with one attached hydrogen (secondary N) is 2. The van der Waals surface area contributed by atoms with Crippen molar-refractivity contribution in [3.05, 3.63) is 85.2 Å². The van der Waals surface area contributed by atoms with Crippen LogP contribution < -0.4 is 30.0 Å². The van der Waals surface area contributed by atoms with Crippen LogP contribution in [0.25, 0.3) is 21.8 Å². The van der Waals surface area contributed by atoms with Gasteiger partial charge in [0.2, 0.25) is 11.0 Å². The number of benzene rings is 2. The van der Waals surface area contributed by atoms with Gasteiger partial charge >= 0.3 is 12.4 Å². The molecule has 2 aromatic heterocycles. The van der Waals surface area contributed by atoms with Crippen LogP contribution in [-0.4, -0.2) is 42.9 Å². The summed E-state index contributed by atoms with van der Waals surface area (Å²) in [6.45, 7) is 3.72. The van der Waals surface area contributed by atoms with Gasteiger partial charge < -0.3 is 35.9 Å². The van der Waals surface area contributed by atoms with Crippen LogP contribution in [0.5, 0.6) is 0 Å². The van der Waals surface area contributed by atoms with E-state index in [0.29, 0.717) is 0 Å². The lowest BCUT2D eigenvalue weighted by molar-refractivity contribution is -0.675. The minimum atomic E-state index is -5.19. The van der Waals surface area contributed by atoms with Crippen molar-refractivity contribution in [2.45, 2.75) is 44.7 Å². The molecule has 248 valence electrons. The van der Waals surface area contributed by atoms with Crippen molar-refractivity contribution >= 4 is 45.1 Å². The van der Waals surface area contributed by atoms with Crippen LogP contribution in [0.15, 0.2) is 85.2 Å². The van der Waals surface area contributed by atoms with E-state index in [0.717, 1.165) is 26.2 Å². The van der Waals surface area contributed by atoms with Crippen molar-refractivity contribution in [2.24, 2.45) is 0 Å². The number of carboxylic acids is 2. The number of rotatable bonds is 0. The zero-order valence-electron chi connectivity index (χ0n) is 24.3. The standard InChI is InChI=1S/C27H28N4.2C2HF3O2.H2O/c1-8-18-30-20-14-24(22-10-2-4-12-26(22)30)28-16-6-7-17-29-25-15-21-31(19-9-1)27-13-5-3-11-23(25)27;2*3-2(4,5)1(6)7;/h2-7,10-15,20-21H,1,8-9,16-19H2;2*(H,6,7);1H2/b7-6-,28-24?,29-25?;;;. The van der Waals surface area contributed by atoms with Crippen molar-refractivity contribution in [1.29, 1.82) is 0 Å². The number of alkyl halides is 6. The van der Waals surface area contributed by atoms with Crippen LogP contribution in [0.4, 0.5) is 37.7 Å². The average molecular weight is 655 g/mol. The highest BCUT2D eigenvalue weighted by Gasteiger charge is 2.29. The fourth-order valence-corrected chi connectivity index (χ4v) is 4.52. The highest BCUT2D eigenvalue weighted by atomic mass is 19.4. The predicted octanol–water partition coefficient (Wildman–Crippen LogP) is 2.60. The summed E-state index contributed by atoms with van der Waals surface area (Å²) in [4.78, 5) is 17.6. The van der Waals surface area contributed by atoms with Gasteiger partial charge in [-0.3, -0.25) is 0 Å². The Bertz CT molecular complexity index is 1520. The van der Waals surface area contributed by atoms with Gasteiger partial charge in [0, 0.05) is 50.2 Å². The summed E-state index contributed by atoms with van der Waals surface area (Å²) in [5, 5.41) is 27.3. The SMILES string of the molecule is C1=C\CNc2cc[n+](c3ccccc23)CCCCC[n+]2ccc(c3ccccc32)NC/1.O.O=C([O-])C(F)(F)F.O=C([O-])C(F)(F)F. The van der Waals surface area contributed by atoms with Gasteiger partial charge in [-0.1, -0.05) is 36.4 Å². The van der Waals surface area contributed by atoms with Crippen molar-refractivity contribution in [3.8, 4) is 0 Å². The van der Waals surface area contributed by atoms with E-state index in [-0.39, 0.29) is 5.48 Å². The summed E-state index contributed by atoms with van der Waals surface area (Å²) in [6, 6.07) is 21.8. The summed E-state index contributed by atoms with van der Waals surface area (Å²) in [5.74, 6) is -6.01. The highest BCUT2D eigenvalue weighted by molar-refractivity contribution is 5.89. The van der Waals surface area contributed by atoms with Gasteiger partial charge in [0.05, 0.1) is 22.1 Å². The fraction of sp³-hybridized carbons (Fsp3) is 0.290. The monoisotopic (exact) mass is 654 g/mol. The highest BCUT2D eigenvalue weighted by Crippen LogP contribution is 2.22. The van der Waals surface area contributed by atoms with Gasteiger partial charge in [0.1, 0.15) is 25.0 Å². The summed E-state index contributed by atoms with van der Waals surface area (Å²) in [7, 11) is 0. The first-order valence-electron chi connectivity index (χ1n) is 13.8. The number of carboxylic acid groups (broad SMARTS) is 2. The van der Waals surface area contributed by atoms with Crippen molar-refractivity contribution in [2.75, 3.05) is 23.7 Å². The molecule has 4 bridgehead atoms. The van der Waals surface area contributed by atoms with Gasteiger partial charge in [-0.15, -0.1) is 0 Å². The van der Waals surface area contributed by atoms with Crippen molar-refractivity contribution < 1.29 is 60.8 Å². The van der Waals surface area contributed by atoms with Gasteiger partial charge in [0.15, 0.2) is 12.4 Å².